The lowest BCUT2D eigenvalue weighted by molar-refractivity contribution is -0.0912. The fraction of sp³-hybridized carbons (Fsp3) is 0.208. The summed E-state index contributed by atoms with van der Waals surface area (Å²) in [6.07, 6.45) is -0.522. The highest BCUT2D eigenvalue weighted by molar-refractivity contribution is 7.98. The fourth-order valence-electron chi connectivity index (χ4n) is 3.07. The Hall–Kier alpha value is -3.31. The van der Waals surface area contributed by atoms with Gasteiger partial charge in [0.1, 0.15) is 12.0 Å². The fourth-order valence-corrected chi connectivity index (χ4v) is 4.59. The number of rotatable bonds is 8. The molecule has 1 aromatic carbocycles. The first-order valence-corrected chi connectivity index (χ1v) is 12.3. The molecule has 0 N–H and O–H groups in total. The van der Waals surface area contributed by atoms with Crippen molar-refractivity contribution < 1.29 is 22.3 Å². The van der Waals surface area contributed by atoms with Gasteiger partial charge in [0.25, 0.3) is 0 Å². The summed E-state index contributed by atoms with van der Waals surface area (Å²) in [6.45, 7) is 2.66. The van der Waals surface area contributed by atoms with Gasteiger partial charge in [-0.2, -0.15) is 13.2 Å². The van der Waals surface area contributed by atoms with E-state index in [0.29, 0.717) is 33.8 Å². The Labute approximate surface area is 208 Å². The van der Waals surface area contributed by atoms with Gasteiger partial charge in [-0.15, -0.1) is 21.5 Å². The van der Waals surface area contributed by atoms with Crippen molar-refractivity contribution in [2.75, 3.05) is 7.11 Å². The first-order valence-electron chi connectivity index (χ1n) is 10.4. The van der Waals surface area contributed by atoms with Gasteiger partial charge in [-0.1, -0.05) is 42.1 Å². The van der Waals surface area contributed by atoms with Crippen molar-refractivity contribution in [2.24, 2.45) is 0 Å². The molecular weight excluding hydrogens is 497 g/mol. The van der Waals surface area contributed by atoms with Gasteiger partial charge in [0.2, 0.25) is 5.89 Å². The van der Waals surface area contributed by atoms with Crippen LogP contribution >= 0.6 is 23.1 Å². The molecule has 0 bridgehead atoms. The van der Waals surface area contributed by atoms with Gasteiger partial charge in [-0.25, -0.2) is 4.98 Å². The van der Waals surface area contributed by atoms with E-state index in [9.17, 15) is 13.2 Å². The van der Waals surface area contributed by atoms with Gasteiger partial charge < -0.3 is 9.15 Å². The van der Waals surface area contributed by atoms with E-state index in [0.717, 1.165) is 23.6 Å². The van der Waals surface area contributed by atoms with Gasteiger partial charge in [-0.3, -0.25) is 4.57 Å². The number of oxazole rings is 1. The van der Waals surface area contributed by atoms with Crippen LogP contribution in [0.2, 0.25) is 0 Å². The summed E-state index contributed by atoms with van der Waals surface area (Å²) in [5, 5.41) is 11.4. The standard InChI is InChI=1S/C24H21F3N4O2S2/c1-15(10-11-16(2)24(25,26)27)22-28-17(13-33-22)14-35-23-30-29-21(20-9-6-12-34-20)31(23)18-7-4-5-8-19(18)32-3/h4-13H,14H2,1-3H3/b15-10+,16-11+. The third-order valence-electron chi connectivity index (χ3n) is 4.97. The minimum absolute atomic E-state index is 0.261. The lowest BCUT2D eigenvalue weighted by Crippen LogP contribution is -2.08. The van der Waals surface area contributed by atoms with Crippen LogP contribution in [0.15, 0.2) is 75.3 Å². The zero-order valence-corrected chi connectivity index (χ0v) is 20.7. The number of benzene rings is 1. The topological polar surface area (TPSA) is 66.0 Å². The zero-order valence-electron chi connectivity index (χ0n) is 19.0. The van der Waals surface area contributed by atoms with Gasteiger partial charge >= 0.3 is 6.18 Å². The molecule has 0 radical (unpaired) electrons. The van der Waals surface area contributed by atoms with E-state index < -0.39 is 11.7 Å². The molecule has 11 heteroatoms. The number of thiophene rings is 1. The Morgan fingerprint density at radius 3 is 2.66 bits per heavy atom. The van der Waals surface area contributed by atoms with E-state index >= 15 is 0 Å². The molecule has 4 rings (SSSR count). The molecule has 0 aliphatic carbocycles. The van der Waals surface area contributed by atoms with Gasteiger partial charge in [0, 0.05) is 16.9 Å². The Morgan fingerprint density at radius 1 is 1.14 bits per heavy atom. The average molecular weight is 519 g/mol. The van der Waals surface area contributed by atoms with Gasteiger partial charge in [0.05, 0.1) is 23.4 Å². The summed E-state index contributed by atoms with van der Waals surface area (Å²) in [5.74, 6) is 2.06. The maximum atomic E-state index is 12.7. The number of halogens is 3. The molecule has 0 atom stereocenters. The number of para-hydroxylation sites is 2. The summed E-state index contributed by atoms with van der Waals surface area (Å²) in [7, 11) is 1.61. The minimum atomic E-state index is -4.37. The molecule has 35 heavy (non-hydrogen) atoms. The van der Waals surface area contributed by atoms with Crippen molar-refractivity contribution in [3.63, 3.8) is 0 Å². The van der Waals surface area contributed by atoms with Crippen LogP contribution in [0.3, 0.4) is 0 Å². The number of alkyl halides is 3. The second kappa shape index (κ2) is 10.5. The summed E-state index contributed by atoms with van der Waals surface area (Å²) in [6, 6.07) is 11.5. The van der Waals surface area contributed by atoms with Crippen LogP contribution in [0.4, 0.5) is 13.2 Å². The number of hydrogen-bond acceptors (Lipinski definition) is 7. The van der Waals surface area contributed by atoms with E-state index in [1.54, 1.807) is 25.4 Å². The van der Waals surface area contributed by atoms with Crippen molar-refractivity contribution >= 4 is 28.7 Å². The van der Waals surface area contributed by atoms with Crippen molar-refractivity contribution in [3.05, 3.63) is 77.4 Å². The lowest BCUT2D eigenvalue weighted by Gasteiger charge is -2.13. The number of ether oxygens (including phenoxy) is 1. The van der Waals surface area contributed by atoms with Crippen LogP contribution in [-0.2, 0) is 5.75 Å². The predicted molar refractivity (Wildman–Crippen MR) is 131 cm³/mol. The van der Waals surface area contributed by atoms with Crippen LogP contribution < -0.4 is 4.74 Å². The molecule has 4 aromatic rings. The highest BCUT2D eigenvalue weighted by atomic mass is 32.2. The van der Waals surface area contributed by atoms with Crippen LogP contribution in [0.25, 0.3) is 22.0 Å². The molecule has 0 amide bonds. The van der Waals surface area contributed by atoms with Crippen molar-refractivity contribution in [2.45, 2.75) is 30.9 Å². The summed E-state index contributed by atoms with van der Waals surface area (Å²) >= 11 is 2.97. The normalized spacial score (nSPS) is 12.9. The van der Waals surface area contributed by atoms with Crippen molar-refractivity contribution in [3.8, 4) is 22.1 Å². The van der Waals surface area contributed by atoms with Crippen molar-refractivity contribution in [1.29, 1.82) is 0 Å². The van der Waals surface area contributed by atoms with Gasteiger partial charge in [0.15, 0.2) is 11.0 Å². The monoisotopic (exact) mass is 518 g/mol. The molecule has 0 unspecified atom stereocenters. The molecule has 182 valence electrons. The molecule has 0 saturated carbocycles. The molecule has 0 fully saturated rings. The molecular formula is C24H21F3N4O2S2. The molecule has 0 aliphatic rings. The maximum Gasteiger partial charge on any atom is 0.412 e. The number of nitrogens with zero attached hydrogens (tertiary/aromatic N) is 4. The van der Waals surface area contributed by atoms with Gasteiger partial charge in [-0.05, 0) is 37.4 Å². The highest BCUT2D eigenvalue weighted by Crippen LogP contribution is 2.35. The Balaban J connectivity index is 1.58. The minimum Gasteiger partial charge on any atom is -0.495 e. The molecule has 0 saturated heterocycles. The second-order valence-electron chi connectivity index (χ2n) is 7.42. The Bertz CT molecular complexity index is 1360. The molecule has 0 aliphatic heterocycles. The maximum absolute atomic E-state index is 12.7. The van der Waals surface area contributed by atoms with E-state index in [-0.39, 0.29) is 5.89 Å². The smallest absolute Gasteiger partial charge is 0.412 e. The molecule has 6 nitrogen and oxygen atoms in total. The predicted octanol–water partition coefficient (Wildman–Crippen LogP) is 7.20. The second-order valence-corrected chi connectivity index (χ2v) is 9.31. The highest BCUT2D eigenvalue weighted by Gasteiger charge is 2.29. The van der Waals surface area contributed by atoms with Crippen LogP contribution in [0, 0.1) is 0 Å². The third kappa shape index (κ3) is 5.68. The Kier molecular flexibility index (Phi) is 7.46. The largest absolute Gasteiger partial charge is 0.495 e. The lowest BCUT2D eigenvalue weighted by atomic mass is 10.2. The summed E-state index contributed by atoms with van der Waals surface area (Å²) in [5.41, 5.74) is 1.22. The van der Waals surface area contributed by atoms with Crippen LogP contribution in [0.5, 0.6) is 5.75 Å². The molecule has 3 aromatic heterocycles. The van der Waals surface area contributed by atoms with Crippen LogP contribution in [0.1, 0.15) is 25.4 Å². The summed E-state index contributed by atoms with van der Waals surface area (Å²) in [4.78, 5) is 5.37. The number of allylic oxidation sites excluding steroid dienone is 4. The number of thioether (sulfide) groups is 1. The molecule has 3 heterocycles. The van der Waals surface area contributed by atoms with Crippen LogP contribution in [-0.4, -0.2) is 33.0 Å². The van der Waals surface area contributed by atoms with E-state index in [2.05, 4.69) is 15.2 Å². The first kappa shape index (κ1) is 24.8. The molecule has 0 spiro atoms. The number of hydrogen-bond donors (Lipinski definition) is 0. The number of aromatic nitrogens is 4. The SMILES string of the molecule is COc1ccccc1-n1c(SCc2coc(/C(C)=C/C=C(\C)C(F)(F)F)n2)nnc1-c1cccs1. The van der Waals surface area contributed by atoms with E-state index in [1.807, 2.05) is 46.3 Å². The van der Waals surface area contributed by atoms with E-state index in [1.165, 1.54) is 24.1 Å². The quantitative estimate of drug-likeness (QED) is 0.182. The first-order chi connectivity index (χ1) is 16.8. The number of methoxy groups -OCH3 is 1. The Morgan fingerprint density at radius 2 is 1.94 bits per heavy atom. The summed E-state index contributed by atoms with van der Waals surface area (Å²) < 4.78 is 51.1. The third-order valence-corrected chi connectivity index (χ3v) is 6.80. The van der Waals surface area contributed by atoms with E-state index in [4.69, 9.17) is 9.15 Å². The van der Waals surface area contributed by atoms with Crippen molar-refractivity contribution in [1.82, 2.24) is 19.7 Å². The average Bonchev–Trinajstić information content (AvgIpc) is 3.60. The zero-order chi connectivity index (χ0) is 25.0.